The van der Waals surface area contributed by atoms with Crippen LogP contribution < -0.4 is 4.74 Å². The molecule has 0 radical (unpaired) electrons. The molecule has 0 spiro atoms. The van der Waals surface area contributed by atoms with Gasteiger partial charge in [-0.05, 0) is 30.7 Å². The number of hydrogen-bond acceptors (Lipinski definition) is 3. The Morgan fingerprint density at radius 2 is 2.07 bits per heavy atom. The molecule has 1 rings (SSSR count). The molecule has 0 unspecified atom stereocenters. The van der Waals surface area contributed by atoms with E-state index in [-0.39, 0.29) is 5.75 Å². The largest absolute Gasteiger partial charge is 0.496 e. The summed E-state index contributed by atoms with van der Waals surface area (Å²) in [6.45, 7) is 1.83. The Hall–Kier alpha value is -0.550. The third kappa shape index (κ3) is 2.95. The van der Waals surface area contributed by atoms with Gasteiger partial charge in [0.05, 0.1) is 17.8 Å². The van der Waals surface area contributed by atoms with Gasteiger partial charge in [0.1, 0.15) is 5.75 Å². The van der Waals surface area contributed by atoms with Crippen molar-refractivity contribution >= 4 is 25.8 Å². The van der Waals surface area contributed by atoms with Crippen molar-refractivity contribution in [2.75, 3.05) is 18.2 Å². The van der Waals surface area contributed by atoms with Gasteiger partial charge in [-0.25, -0.2) is 8.42 Å². The molecule has 0 aromatic heterocycles. The van der Waals surface area contributed by atoms with Gasteiger partial charge in [0.15, 0.2) is 9.84 Å². The number of methoxy groups -OCH3 is 1. The van der Waals surface area contributed by atoms with Gasteiger partial charge in [0.2, 0.25) is 0 Å². The van der Waals surface area contributed by atoms with Crippen LogP contribution in [0.1, 0.15) is 5.56 Å². The van der Waals surface area contributed by atoms with Crippen LogP contribution in [0.4, 0.5) is 0 Å². The number of aryl methyl sites for hydroxylation is 1. The Morgan fingerprint density at radius 1 is 1.40 bits per heavy atom. The summed E-state index contributed by atoms with van der Waals surface area (Å²) >= 11 is 3.13. The van der Waals surface area contributed by atoms with Gasteiger partial charge in [-0.3, -0.25) is 0 Å². The summed E-state index contributed by atoms with van der Waals surface area (Å²) in [5.74, 6) is 0.812. The second-order valence-electron chi connectivity index (χ2n) is 3.14. The highest BCUT2D eigenvalue weighted by atomic mass is 79.9. The van der Waals surface area contributed by atoms with E-state index in [1.165, 1.54) is 0 Å². The average molecular weight is 293 g/mol. The quantitative estimate of drug-likeness (QED) is 0.799. The number of ether oxygens (including phenoxy) is 1. The first-order chi connectivity index (χ1) is 7.01. The van der Waals surface area contributed by atoms with Crippen LogP contribution in [0.2, 0.25) is 0 Å². The predicted molar refractivity (Wildman–Crippen MR) is 63.6 cm³/mol. The molecule has 0 aliphatic rings. The number of benzene rings is 1. The highest BCUT2D eigenvalue weighted by molar-refractivity contribution is 9.09. The second-order valence-corrected chi connectivity index (χ2v) is 6.04. The molecule has 0 aliphatic carbocycles. The molecular weight excluding hydrogens is 280 g/mol. The van der Waals surface area contributed by atoms with Crippen LogP contribution in [0.25, 0.3) is 0 Å². The van der Waals surface area contributed by atoms with Crippen LogP contribution >= 0.6 is 15.9 Å². The lowest BCUT2D eigenvalue weighted by Gasteiger charge is -2.07. The minimum absolute atomic E-state index is 0.110. The van der Waals surface area contributed by atoms with E-state index in [2.05, 4.69) is 15.9 Å². The summed E-state index contributed by atoms with van der Waals surface area (Å²) in [5.41, 5.74) is 0.827. The molecule has 1 aromatic rings. The number of rotatable bonds is 4. The fraction of sp³-hybridized carbons (Fsp3) is 0.400. The van der Waals surface area contributed by atoms with Crippen molar-refractivity contribution in [1.29, 1.82) is 0 Å². The van der Waals surface area contributed by atoms with Crippen molar-refractivity contribution in [1.82, 2.24) is 0 Å². The SMILES string of the molecule is COc1ccc(S(=O)(=O)CCBr)cc1C. The summed E-state index contributed by atoms with van der Waals surface area (Å²) in [6.07, 6.45) is 0. The van der Waals surface area contributed by atoms with Gasteiger partial charge in [-0.2, -0.15) is 0 Å². The zero-order valence-corrected chi connectivity index (χ0v) is 11.1. The lowest BCUT2D eigenvalue weighted by atomic mass is 10.2. The molecule has 84 valence electrons. The van der Waals surface area contributed by atoms with Crippen LogP contribution in [-0.2, 0) is 9.84 Å². The molecule has 0 amide bonds. The standard InChI is InChI=1S/C10H13BrO3S/c1-8-7-9(3-4-10(8)14-2)15(12,13)6-5-11/h3-4,7H,5-6H2,1-2H3. The smallest absolute Gasteiger partial charge is 0.179 e. The maximum atomic E-state index is 11.7. The molecule has 0 atom stereocenters. The van der Waals surface area contributed by atoms with E-state index in [1.807, 2.05) is 6.92 Å². The maximum absolute atomic E-state index is 11.7. The van der Waals surface area contributed by atoms with Crippen molar-refractivity contribution < 1.29 is 13.2 Å². The molecular formula is C10H13BrO3S. The van der Waals surface area contributed by atoms with Crippen molar-refractivity contribution in [3.63, 3.8) is 0 Å². The van der Waals surface area contributed by atoms with E-state index in [0.717, 1.165) is 5.56 Å². The summed E-state index contributed by atoms with van der Waals surface area (Å²) in [5, 5.41) is 0.445. The molecule has 0 saturated heterocycles. The fourth-order valence-corrected chi connectivity index (χ4v) is 3.61. The van der Waals surface area contributed by atoms with Crippen molar-refractivity contribution in [2.24, 2.45) is 0 Å². The van der Waals surface area contributed by atoms with Crippen molar-refractivity contribution in [3.05, 3.63) is 23.8 Å². The summed E-state index contributed by atoms with van der Waals surface area (Å²) in [7, 11) is -1.60. The first kappa shape index (κ1) is 12.5. The lowest BCUT2D eigenvalue weighted by molar-refractivity contribution is 0.411. The van der Waals surface area contributed by atoms with Gasteiger partial charge in [0, 0.05) is 5.33 Å². The van der Waals surface area contributed by atoms with E-state index in [9.17, 15) is 8.42 Å². The normalized spacial score (nSPS) is 11.4. The maximum Gasteiger partial charge on any atom is 0.179 e. The Morgan fingerprint density at radius 3 is 2.53 bits per heavy atom. The fourth-order valence-electron chi connectivity index (χ4n) is 1.26. The number of sulfone groups is 1. The zero-order chi connectivity index (χ0) is 11.5. The first-order valence-electron chi connectivity index (χ1n) is 4.44. The number of alkyl halides is 1. The van der Waals surface area contributed by atoms with E-state index >= 15 is 0 Å². The Kier molecular flexibility index (Phi) is 4.16. The molecule has 0 fully saturated rings. The first-order valence-corrected chi connectivity index (χ1v) is 7.22. The summed E-state index contributed by atoms with van der Waals surface area (Å²) in [4.78, 5) is 0.347. The third-order valence-electron chi connectivity index (χ3n) is 2.07. The van der Waals surface area contributed by atoms with Crippen LogP contribution in [0, 0.1) is 6.92 Å². The molecule has 0 heterocycles. The molecule has 0 bridgehead atoms. The summed E-state index contributed by atoms with van der Waals surface area (Å²) in [6, 6.07) is 4.89. The number of hydrogen-bond donors (Lipinski definition) is 0. The Labute approximate surface area is 98.5 Å². The Bertz CT molecular complexity index is 440. The monoisotopic (exact) mass is 292 g/mol. The molecule has 5 heteroatoms. The van der Waals surface area contributed by atoms with E-state index < -0.39 is 9.84 Å². The Balaban J connectivity index is 3.13. The highest BCUT2D eigenvalue weighted by Gasteiger charge is 2.14. The second kappa shape index (κ2) is 4.99. The van der Waals surface area contributed by atoms with Crippen molar-refractivity contribution in [2.45, 2.75) is 11.8 Å². The molecule has 15 heavy (non-hydrogen) atoms. The molecule has 0 aliphatic heterocycles. The lowest BCUT2D eigenvalue weighted by Crippen LogP contribution is -2.08. The van der Waals surface area contributed by atoms with Gasteiger partial charge in [-0.15, -0.1) is 0 Å². The van der Waals surface area contributed by atoms with Crippen LogP contribution in [0.15, 0.2) is 23.1 Å². The molecule has 1 aromatic carbocycles. The van der Waals surface area contributed by atoms with E-state index in [0.29, 0.717) is 16.0 Å². The molecule has 0 N–H and O–H groups in total. The average Bonchev–Trinajstić information content (AvgIpc) is 2.17. The number of halogens is 1. The van der Waals surface area contributed by atoms with Crippen molar-refractivity contribution in [3.8, 4) is 5.75 Å². The van der Waals surface area contributed by atoms with Crippen LogP contribution in [0.5, 0.6) is 5.75 Å². The zero-order valence-electron chi connectivity index (χ0n) is 8.66. The van der Waals surface area contributed by atoms with Crippen LogP contribution in [-0.4, -0.2) is 26.6 Å². The van der Waals surface area contributed by atoms with Gasteiger partial charge in [0.25, 0.3) is 0 Å². The molecule has 0 saturated carbocycles. The third-order valence-corrected chi connectivity index (χ3v) is 4.71. The molecule has 3 nitrogen and oxygen atoms in total. The van der Waals surface area contributed by atoms with Gasteiger partial charge in [-0.1, -0.05) is 15.9 Å². The van der Waals surface area contributed by atoms with Gasteiger partial charge >= 0.3 is 0 Å². The topological polar surface area (TPSA) is 43.4 Å². The minimum Gasteiger partial charge on any atom is -0.496 e. The van der Waals surface area contributed by atoms with E-state index in [4.69, 9.17) is 4.74 Å². The van der Waals surface area contributed by atoms with Gasteiger partial charge < -0.3 is 4.74 Å². The predicted octanol–water partition coefficient (Wildman–Crippen LogP) is 2.17. The highest BCUT2D eigenvalue weighted by Crippen LogP contribution is 2.22. The van der Waals surface area contributed by atoms with Crippen LogP contribution in [0.3, 0.4) is 0 Å². The van der Waals surface area contributed by atoms with E-state index in [1.54, 1.807) is 25.3 Å². The summed E-state index contributed by atoms with van der Waals surface area (Å²) < 4.78 is 28.5. The minimum atomic E-state index is -3.16.